The Kier molecular flexibility index (Phi) is 4.59. The maximum absolute atomic E-state index is 12.4. The van der Waals surface area contributed by atoms with Crippen molar-refractivity contribution in [2.45, 2.75) is 24.8 Å². The molecule has 1 aliphatic rings. The maximum Gasteiger partial charge on any atom is 0.269 e. The number of amides is 2. The van der Waals surface area contributed by atoms with Gasteiger partial charge in [-0.2, -0.15) is 0 Å². The zero-order valence-electron chi connectivity index (χ0n) is 13.7. The van der Waals surface area contributed by atoms with Crippen molar-refractivity contribution in [1.82, 2.24) is 9.62 Å². The molecule has 0 atom stereocenters. The number of carbonyl (C=O) groups excluding carboxylic acids is 2. The van der Waals surface area contributed by atoms with Crippen molar-refractivity contribution in [2.24, 2.45) is 0 Å². The van der Waals surface area contributed by atoms with Gasteiger partial charge in [-0.25, -0.2) is 12.7 Å². The third-order valence-corrected chi connectivity index (χ3v) is 5.90. The zero-order chi connectivity index (χ0) is 18.0. The number of nitrogens with zero attached hydrogens (tertiary/aromatic N) is 1. The molecule has 2 amide bonds. The number of hydrogen-bond donors (Lipinski definition) is 1. The van der Waals surface area contributed by atoms with Gasteiger partial charge in [0.05, 0.1) is 5.56 Å². The maximum atomic E-state index is 12.4. The molecule has 3 rings (SSSR count). The first-order chi connectivity index (χ1) is 11.9. The third kappa shape index (κ3) is 3.41. The third-order valence-electron chi connectivity index (χ3n) is 4.06. The lowest BCUT2D eigenvalue weighted by molar-refractivity contribution is -0.121. The van der Waals surface area contributed by atoms with E-state index < -0.39 is 15.9 Å². The van der Waals surface area contributed by atoms with Crippen molar-refractivity contribution in [3.05, 3.63) is 65.2 Å². The highest BCUT2D eigenvalue weighted by atomic mass is 32.2. The summed E-state index contributed by atoms with van der Waals surface area (Å²) >= 11 is 0. The highest BCUT2D eigenvalue weighted by Gasteiger charge is 2.40. The molecule has 0 spiro atoms. The number of carbonyl (C=O) groups is 2. The van der Waals surface area contributed by atoms with Gasteiger partial charge in [0.25, 0.3) is 15.9 Å². The molecule has 130 valence electrons. The lowest BCUT2D eigenvalue weighted by Crippen LogP contribution is -2.34. The number of nitrogens with one attached hydrogen (secondary N) is 1. The second kappa shape index (κ2) is 6.68. The predicted molar refractivity (Wildman–Crippen MR) is 92.3 cm³/mol. The Bertz CT molecular complexity index is 920. The normalized spacial score (nSPS) is 15.1. The van der Waals surface area contributed by atoms with Crippen molar-refractivity contribution in [3.63, 3.8) is 0 Å². The van der Waals surface area contributed by atoms with Gasteiger partial charge >= 0.3 is 0 Å². The number of benzene rings is 2. The quantitative estimate of drug-likeness (QED) is 0.884. The van der Waals surface area contributed by atoms with Crippen molar-refractivity contribution < 1.29 is 18.0 Å². The summed E-state index contributed by atoms with van der Waals surface area (Å²) in [5.74, 6) is -0.888. The molecular formula is C18H18N2O4S. The van der Waals surface area contributed by atoms with E-state index in [0.717, 1.165) is 15.4 Å². The van der Waals surface area contributed by atoms with Gasteiger partial charge in [0.1, 0.15) is 4.90 Å². The Morgan fingerprint density at radius 2 is 1.76 bits per heavy atom. The second-order valence-corrected chi connectivity index (χ2v) is 7.72. The summed E-state index contributed by atoms with van der Waals surface area (Å²) in [4.78, 5) is 24.2. The average Bonchev–Trinajstić information content (AvgIpc) is 2.79. The zero-order valence-corrected chi connectivity index (χ0v) is 14.5. The van der Waals surface area contributed by atoms with Crippen LogP contribution in [-0.4, -0.2) is 31.1 Å². The molecule has 25 heavy (non-hydrogen) atoms. The monoisotopic (exact) mass is 358 g/mol. The summed E-state index contributed by atoms with van der Waals surface area (Å²) in [6.45, 7) is 2.17. The Morgan fingerprint density at radius 1 is 1.08 bits per heavy atom. The van der Waals surface area contributed by atoms with E-state index in [1.807, 2.05) is 31.2 Å². The van der Waals surface area contributed by atoms with Crippen LogP contribution in [0.15, 0.2) is 53.4 Å². The molecular weight excluding hydrogens is 340 g/mol. The van der Waals surface area contributed by atoms with Crippen molar-refractivity contribution >= 4 is 21.8 Å². The van der Waals surface area contributed by atoms with Crippen LogP contribution < -0.4 is 5.32 Å². The molecule has 2 aromatic carbocycles. The number of fused-ring (bicyclic) bond motifs is 1. The first kappa shape index (κ1) is 17.2. The molecule has 0 bridgehead atoms. The van der Waals surface area contributed by atoms with Gasteiger partial charge < -0.3 is 5.32 Å². The fraction of sp³-hybridized carbons (Fsp3) is 0.222. The number of sulfonamides is 1. The van der Waals surface area contributed by atoms with Gasteiger partial charge in [-0.1, -0.05) is 42.0 Å². The van der Waals surface area contributed by atoms with Crippen LogP contribution in [-0.2, 0) is 21.4 Å². The standard InChI is InChI=1S/C18H18N2O4S/c1-13-6-8-14(9-7-13)12-19-17(21)10-11-20-18(22)15-4-2-3-5-16(15)25(20,23)24/h2-9H,10-12H2,1H3,(H,19,21). The van der Waals surface area contributed by atoms with E-state index in [-0.39, 0.29) is 29.3 Å². The molecule has 0 aromatic heterocycles. The SMILES string of the molecule is Cc1ccc(CNC(=O)CCN2C(=O)c3ccccc3S2(=O)=O)cc1. The van der Waals surface area contributed by atoms with E-state index in [0.29, 0.717) is 6.54 Å². The van der Waals surface area contributed by atoms with Crippen LogP contribution in [0.5, 0.6) is 0 Å². The van der Waals surface area contributed by atoms with Crippen LogP contribution in [0.2, 0.25) is 0 Å². The van der Waals surface area contributed by atoms with Crippen molar-refractivity contribution in [3.8, 4) is 0 Å². The van der Waals surface area contributed by atoms with E-state index in [9.17, 15) is 18.0 Å². The van der Waals surface area contributed by atoms with Crippen LogP contribution in [0.3, 0.4) is 0 Å². The van der Waals surface area contributed by atoms with Crippen LogP contribution in [0.25, 0.3) is 0 Å². The van der Waals surface area contributed by atoms with Gasteiger partial charge in [-0.15, -0.1) is 0 Å². The van der Waals surface area contributed by atoms with Crippen LogP contribution >= 0.6 is 0 Å². The Labute approximate surface area is 146 Å². The van der Waals surface area contributed by atoms with Gasteiger partial charge in [0, 0.05) is 19.5 Å². The smallest absolute Gasteiger partial charge is 0.269 e. The Hall–Kier alpha value is -2.67. The minimum absolute atomic E-state index is 0.0000588. The van der Waals surface area contributed by atoms with E-state index >= 15 is 0 Å². The second-order valence-electron chi connectivity index (χ2n) is 5.89. The van der Waals surface area contributed by atoms with E-state index in [4.69, 9.17) is 0 Å². The number of hydrogen-bond acceptors (Lipinski definition) is 4. The molecule has 0 aliphatic carbocycles. The molecule has 1 aliphatic heterocycles. The predicted octanol–water partition coefficient (Wildman–Crippen LogP) is 1.85. The Morgan fingerprint density at radius 3 is 2.44 bits per heavy atom. The summed E-state index contributed by atoms with van der Waals surface area (Å²) in [5.41, 5.74) is 2.24. The summed E-state index contributed by atoms with van der Waals surface area (Å²) < 4.78 is 25.6. The van der Waals surface area contributed by atoms with Gasteiger partial charge in [-0.3, -0.25) is 9.59 Å². The summed E-state index contributed by atoms with van der Waals surface area (Å²) in [6.07, 6.45) is -0.0786. The lowest BCUT2D eigenvalue weighted by Gasteiger charge is -2.14. The lowest BCUT2D eigenvalue weighted by atomic mass is 10.1. The minimum Gasteiger partial charge on any atom is -0.352 e. The molecule has 6 nitrogen and oxygen atoms in total. The van der Waals surface area contributed by atoms with E-state index in [1.54, 1.807) is 12.1 Å². The fourth-order valence-corrected chi connectivity index (χ4v) is 4.22. The van der Waals surface area contributed by atoms with Gasteiger partial charge in [0.2, 0.25) is 5.91 Å². The van der Waals surface area contributed by atoms with Crippen molar-refractivity contribution in [1.29, 1.82) is 0 Å². The van der Waals surface area contributed by atoms with Gasteiger partial charge in [0.15, 0.2) is 0 Å². The van der Waals surface area contributed by atoms with Gasteiger partial charge in [-0.05, 0) is 24.6 Å². The summed E-state index contributed by atoms with van der Waals surface area (Å²) in [7, 11) is -3.86. The molecule has 2 aromatic rings. The number of rotatable bonds is 5. The highest BCUT2D eigenvalue weighted by molar-refractivity contribution is 7.90. The average molecular weight is 358 g/mol. The van der Waals surface area contributed by atoms with Crippen LogP contribution in [0.1, 0.15) is 27.9 Å². The molecule has 7 heteroatoms. The molecule has 0 unspecified atom stereocenters. The van der Waals surface area contributed by atoms with E-state index in [2.05, 4.69) is 5.32 Å². The van der Waals surface area contributed by atoms with Crippen LogP contribution in [0, 0.1) is 6.92 Å². The summed E-state index contributed by atoms with van der Waals surface area (Å²) in [5, 5.41) is 2.73. The topological polar surface area (TPSA) is 83.6 Å². The first-order valence-electron chi connectivity index (χ1n) is 7.88. The highest BCUT2D eigenvalue weighted by Crippen LogP contribution is 2.29. The molecule has 1 N–H and O–H groups in total. The molecule has 1 heterocycles. The van der Waals surface area contributed by atoms with E-state index in [1.165, 1.54) is 12.1 Å². The summed E-state index contributed by atoms with van der Waals surface area (Å²) in [6, 6.07) is 13.8. The van der Waals surface area contributed by atoms with Crippen molar-refractivity contribution in [2.75, 3.05) is 6.54 Å². The Balaban J connectivity index is 1.59. The van der Waals surface area contributed by atoms with Crippen LogP contribution in [0.4, 0.5) is 0 Å². The fourth-order valence-electron chi connectivity index (χ4n) is 2.65. The molecule has 0 radical (unpaired) electrons. The minimum atomic E-state index is -3.86. The molecule has 0 saturated carbocycles. The molecule has 0 saturated heterocycles. The number of aryl methyl sites for hydroxylation is 1. The largest absolute Gasteiger partial charge is 0.352 e. The molecule has 0 fully saturated rings. The first-order valence-corrected chi connectivity index (χ1v) is 9.32.